The molecule has 1 aliphatic heterocycles. The molecule has 6 nitrogen and oxygen atoms in total. The number of anilines is 1. The van der Waals surface area contributed by atoms with Crippen molar-refractivity contribution in [3.8, 4) is 0 Å². The van der Waals surface area contributed by atoms with Crippen LogP contribution in [-0.2, 0) is 6.42 Å². The van der Waals surface area contributed by atoms with E-state index in [0.29, 0.717) is 12.0 Å². The quantitative estimate of drug-likeness (QED) is 0.618. The van der Waals surface area contributed by atoms with Crippen molar-refractivity contribution < 1.29 is 9.90 Å². The van der Waals surface area contributed by atoms with Crippen LogP contribution in [0, 0.1) is 0 Å². The number of hydrogen-bond donors (Lipinski definition) is 3. The number of aliphatic hydroxyl groups excluding tert-OH is 1. The number of fused-ring (bicyclic) bond motifs is 1. The van der Waals surface area contributed by atoms with E-state index in [-0.39, 0.29) is 18.6 Å². The van der Waals surface area contributed by atoms with E-state index in [2.05, 4.69) is 15.4 Å². The van der Waals surface area contributed by atoms with Gasteiger partial charge >= 0.3 is 0 Å². The Bertz CT molecular complexity index is 1010. The molecule has 1 aromatic heterocycles. The number of aliphatic hydroxyl groups is 1. The van der Waals surface area contributed by atoms with Gasteiger partial charge in [-0.25, -0.2) is 0 Å². The molecule has 0 spiro atoms. The molecule has 6 heteroatoms. The summed E-state index contributed by atoms with van der Waals surface area (Å²) >= 11 is 0. The number of hydrazone groups is 1. The summed E-state index contributed by atoms with van der Waals surface area (Å²) in [5.41, 5.74) is 4.79. The molecule has 0 aliphatic carbocycles. The van der Waals surface area contributed by atoms with Gasteiger partial charge in [-0.1, -0.05) is 18.2 Å². The van der Waals surface area contributed by atoms with Gasteiger partial charge in [-0.2, -0.15) is 5.10 Å². The second-order valence-corrected chi connectivity index (χ2v) is 7.17. The molecule has 0 radical (unpaired) electrons. The lowest BCUT2D eigenvalue weighted by Gasteiger charge is -2.17. The minimum Gasteiger partial charge on any atom is -0.394 e. The summed E-state index contributed by atoms with van der Waals surface area (Å²) in [4.78, 5) is 15.8. The minimum absolute atomic E-state index is 0.120. The Morgan fingerprint density at radius 1 is 1.25 bits per heavy atom. The zero-order valence-electron chi connectivity index (χ0n) is 15.9. The van der Waals surface area contributed by atoms with E-state index in [1.54, 1.807) is 12.1 Å². The molecular formula is C22H24N4O2. The number of benzene rings is 2. The van der Waals surface area contributed by atoms with Crippen LogP contribution in [0.25, 0.3) is 10.9 Å². The maximum Gasteiger partial charge on any atom is 0.251 e. The molecule has 3 N–H and O–H groups in total. The monoisotopic (exact) mass is 376 g/mol. The Labute approximate surface area is 163 Å². The van der Waals surface area contributed by atoms with Gasteiger partial charge in [0.05, 0.1) is 18.3 Å². The fraction of sp³-hybridized carbons (Fsp3) is 0.273. The first-order valence-corrected chi connectivity index (χ1v) is 9.52. The molecule has 0 unspecified atom stereocenters. The van der Waals surface area contributed by atoms with Gasteiger partial charge in [-0.3, -0.25) is 9.80 Å². The van der Waals surface area contributed by atoms with Gasteiger partial charge in [0.25, 0.3) is 5.91 Å². The molecule has 0 saturated carbocycles. The van der Waals surface area contributed by atoms with Gasteiger partial charge in [0, 0.05) is 41.3 Å². The van der Waals surface area contributed by atoms with Crippen molar-refractivity contribution in [3.63, 3.8) is 0 Å². The van der Waals surface area contributed by atoms with E-state index in [4.69, 9.17) is 0 Å². The molecule has 1 aliphatic rings. The molecule has 3 aromatic rings. The van der Waals surface area contributed by atoms with Crippen LogP contribution in [0.2, 0.25) is 0 Å². The van der Waals surface area contributed by atoms with Crippen molar-refractivity contribution >= 4 is 28.2 Å². The predicted molar refractivity (Wildman–Crippen MR) is 112 cm³/mol. The third-order valence-corrected chi connectivity index (χ3v) is 5.10. The summed E-state index contributed by atoms with van der Waals surface area (Å²) in [6.45, 7) is 2.77. The number of nitrogens with one attached hydrogen (secondary N) is 2. The van der Waals surface area contributed by atoms with Gasteiger partial charge in [0.1, 0.15) is 0 Å². The van der Waals surface area contributed by atoms with Crippen molar-refractivity contribution in [2.45, 2.75) is 25.8 Å². The van der Waals surface area contributed by atoms with Crippen molar-refractivity contribution in [2.24, 2.45) is 5.10 Å². The highest BCUT2D eigenvalue weighted by atomic mass is 16.3. The van der Waals surface area contributed by atoms with Crippen LogP contribution >= 0.6 is 0 Å². The summed E-state index contributed by atoms with van der Waals surface area (Å²) < 4.78 is 0. The lowest BCUT2D eigenvalue weighted by molar-refractivity contribution is 0.0916. The zero-order chi connectivity index (χ0) is 19.5. The number of hydrogen-bond acceptors (Lipinski definition) is 4. The first kappa shape index (κ1) is 18.3. The molecule has 0 saturated heterocycles. The van der Waals surface area contributed by atoms with Gasteiger partial charge in [0.2, 0.25) is 0 Å². The molecule has 4 rings (SSSR count). The molecule has 2 heterocycles. The third kappa shape index (κ3) is 3.77. The largest absolute Gasteiger partial charge is 0.394 e. The van der Waals surface area contributed by atoms with E-state index in [1.165, 1.54) is 0 Å². The van der Waals surface area contributed by atoms with E-state index in [1.807, 2.05) is 54.5 Å². The SMILES string of the molecule is CC1=NN(c2ccc(C(=O)N[C@@H](CO)Cc3c[nH]c4ccccc34)cc2)CC1. The van der Waals surface area contributed by atoms with Crippen LogP contribution < -0.4 is 10.3 Å². The highest BCUT2D eigenvalue weighted by Gasteiger charge is 2.17. The standard InChI is InChI=1S/C22H24N4O2/c1-15-10-11-26(25-15)19-8-6-16(7-9-19)22(28)24-18(14-27)12-17-13-23-21-5-3-2-4-20(17)21/h2-9,13,18,23,27H,10-12,14H2,1H3,(H,24,28)/t18-/m1/s1. The molecule has 1 amide bonds. The highest BCUT2D eigenvalue weighted by Crippen LogP contribution is 2.21. The van der Waals surface area contributed by atoms with Gasteiger partial charge in [0.15, 0.2) is 0 Å². The number of nitrogens with zero attached hydrogens (tertiary/aromatic N) is 2. The van der Waals surface area contributed by atoms with Crippen LogP contribution in [0.5, 0.6) is 0 Å². The highest BCUT2D eigenvalue weighted by molar-refractivity contribution is 5.95. The first-order valence-electron chi connectivity index (χ1n) is 9.52. The van der Waals surface area contributed by atoms with Crippen molar-refractivity contribution in [1.29, 1.82) is 0 Å². The van der Waals surface area contributed by atoms with Crippen molar-refractivity contribution in [3.05, 3.63) is 65.9 Å². The number of carbonyl (C=O) groups excluding carboxylic acids is 1. The molecule has 144 valence electrons. The smallest absolute Gasteiger partial charge is 0.251 e. The second kappa shape index (κ2) is 7.86. The predicted octanol–water partition coefficient (Wildman–Crippen LogP) is 3.09. The first-order chi connectivity index (χ1) is 13.6. The molecule has 28 heavy (non-hydrogen) atoms. The van der Waals surface area contributed by atoms with Crippen LogP contribution in [0.4, 0.5) is 5.69 Å². The van der Waals surface area contributed by atoms with Gasteiger partial charge in [-0.15, -0.1) is 0 Å². The maximum atomic E-state index is 12.6. The second-order valence-electron chi connectivity index (χ2n) is 7.17. The molecule has 0 fully saturated rings. The van der Waals surface area contributed by atoms with Gasteiger partial charge in [-0.05, 0) is 49.2 Å². The summed E-state index contributed by atoms with van der Waals surface area (Å²) in [6.07, 6.45) is 3.47. The number of aromatic nitrogens is 1. The zero-order valence-corrected chi connectivity index (χ0v) is 15.9. The number of rotatable bonds is 6. The maximum absolute atomic E-state index is 12.6. The summed E-state index contributed by atoms with van der Waals surface area (Å²) in [5, 5.41) is 20.2. The fourth-order valence-corrected chi connectivity index (χ4v) is 3.54. The Balaban J connectivity index is 1.42. The number of H-pyrrole nitrogens is 1. The number of carbonyl (C=O) groups is 1. The number of aromatic amines is 1. The minimum atomic E-state index is -0.350. The number of amides is 1. The average Bonchev–Trinajstić information content (AvgIpc) is 3.34. The van der Waals surface area contributed by atoms with Crippen LogP contribution in [0.1, 0.15) is 29.3 Å². The average molecular weight is 376 g/mol. The Morgan fingerprint density at radius 3 is 2.75 bits per heavy atom. The van der Waals surface area contributed by atoms with E-state index in [9.17, 15) is 9.90 Å². The van der Waals surface area contributed by atoms with Crippen molar-refractivity contribution in [1.82, 2.24) is 10.3 Å². The number of para-hydroxylation sites is 1. The summed E-state index contributed by atoms with van der Waals surface area (Å²) in [5.74, 6) is -0.188. The van der Waals surface area contributed by atoms with E-state index in [0.717, 1.165) is 40.8 Å². The van der Waals surface area contributed by atoms with E-state index >= 15 is 0 Å². The topological polar surface area (TPSA) is 80.7 Å². The molecule has 0 bridgehead atoms. The molecule has 1 atom stereocenters. The van der Waals surface area contributed by atoms with Gasteiger partial charge < -0.3 is 15.4 Å². The van der Waals surface area contributed by atoms with Crippen molar-refractivity contribution in [2.75, 3.05) is 18.2 Å². The van der Waals surface area contributed by atoms with Crippen LogP contribution in [-0.4, -0.2) is 40.9 Å². The Hall–Kier alpha value is -3.12. The fourth-order valence-electron chi connectivity index (χ4n) is 3.54. The Morgan fingerprint density at radius 2 is 2.04 bits per heavy atom. The molecular weight excluding hydrogens is 352 g/mol. The Kier molecular flexibility index (Phi) is 5.12. The molecule has 2 aromatic carbocycles. The summed E-state index contributed by atoms with van der Waals surface area (Å²) in [6, 6.07) is 15.1. The lowest BCUT2D eigenvalue weighted by Crippen LogP contribution is -2.39. The van der Waals surface area contributed by atoms with Crippen LogP contribution in [0.3, 0.4) is 0 Å². The summed E-state index contributed by atoms with van der Waals surface area (Å²) in [7, 11) is 0. The van der Waals surface area contributed by atoms with E-state index < -0.39 is 0 Å². The normalized spacial score (nSPS) is 14.9. The third-order valence-electron chi connectivity index (χ3n) is 5.10. The lowest BCUT2D eigenvalue weighted by atomic mass is 10.0. The van der Waals surface area contributed by atoms with Crippen LogP contribution in [0.15, 0.2) is 59.8 Å².